The minimum absolute atomic E-state index is 0.272. The van der Waals surface area contributed by atoms with E-state index in [2.05, 4.69) is 51.3 Å². The van der Waals surface area contributed by atoms with Crippen molar-refractivity contribution in [2.45, 2.75) is 62.6 Å². The first kappa shape index (κ1) is 19.3. The molecule has 6 heteroatoms. The van der Waals surface area contributed by atoms with E-state index in [0.717, 1.165) is 18.5 Å². The SMILES string of the molecule is CN=C(NCC1(N(C)C)CCSC1)NC1CCN(C2CCCC2)CC1. The minimum atomic E-state index is 0.272. The van der Waals surface area contributed by atoms with Gasteiger partial charge in [0.05, 0.1) is 0 Å². The molecule has 144 valence electrons. The molecule has 2 heterocycles. The van der Waals surface area contributed by atoms with Gasteiger partial charge in [-0.15, -0.1) is 0 Å². The van der Waals surface area contributed by atoms with Crippen molar-refractivity contribution in [3.8, 4) is 0 Å². The van der Waals surface area contributed by atoms with E-state index in [4.69, 9.17) is 0 Å². The van der Waals surface area contributed by atoms with Crippen LogP contribution in [-0.2, 0) is 0 Å². The lowest BCUT2D eigenvalue weighted by atomic mass is 9.97. The van der Waals surface area contributed by atoms with E-state index in [1.54, 1.807) is 0 Å². The lowest BCUT2D eigenvalue weighted by molar-refractivity contribution is 0.149. The fourth-order valence-corrected chi connectivity index (χ4v) is 6.11. The number of nitrogens with one attached hydrogen (secondary N) is 2. The summed E-state index contributed by atoms with van der Waals surface area (Å²) in [6.07, 6.45) is 9.46. The molecule has 3 rings (SSSR count). The molecule has 3 aliphatic rings. The minimum Gasteiger partial charge on any atom is -0.355 e. The number of rotatable bonds is 5. The molecule has 0 radical (unpaired) electrons. The van der Waals surface area contributed by atoms with Crippen LogP contribution in [0.25, 0.3) is 0 Å². The lowest BCUT2D eigenvalue weighted by Crippen LogP contribution is -2.56. The van der Waals surface area contributed by atoms with E-state index in [0.29, 0.717) is 6.04 Å². The smallest absolute Gasteiger partial charge is 0.191 e. The highest BCUT2D eigenvalue weighted by molar-refractivity contribution is 7.99. The van der Waals surface area contributed by atoms with E-state index < -0.39 is 0 Å². The second kappa shape index (κ2) is 8.96. The third-order valence-electron chi connectivity index (χ3n) is 6.55. The molecule has 1 unspecified atom stereocenters. The maximum absolute atomic E-state index is 4.49. The van der Waals surface area contributed by atoms with Crippen molar-refractivity contribution >= 4 is 17.7 Å². The third-order valence-corrected chi connectivity index (χ3v) is 7.79. The van der Waals surface area contributed by atoms with E-state index in [1.807, 2.05) is 7.05 Å². The Hall–Kier alpha value is -0.460. The molecule has 1 atom stereocenters. The van der Waals surface area contributed by atoms with Crippen molar-refractivity contribution in [3.05, 3.63) is 0 Å². The molecule has 1 saturated carbocycles. The summed E-state index contributed by atoms with van der Waals surface area (Å²) in [6, 6.07) is 1.44. The summed E-state index contributed by atoms with van der Waals surface area (Å²) in [5.74, 6) is 3.47. The van der Waals surface area contributed by atoms with Gasteiger partial charge >= 0.3 is 0 Å². The molecule has 0 spiro atoms. The number of nitrogens with zero attached hydrogens (tertiary/aromatic N) is 3. The van der Waals surface area contributed by atoms with E-state index in [9.17, 15) is 0 Å². The molecule has 2 N–H and O–H groups in total. The number of thioether (sulfide) groups is 1. The summed E-state index contributed by atoms with van der Waals surface area (Å²) in [4.78, 5) is 9.62. The van der Waals surface area contributed by atoms with Crippen LogP contribution in [0, 0.1) is 0 Å². The third kappa shape index (κ3) is 4.83. The summed E-state index contributed by atoms with van der Waals surface area (Å²) >= 11 is 2.07. The van der Waals surface area contributed by atoms with Gasteiger partial charge in [0, 0.05) is 50.1 Å². The fourth-order valence-electron chi connectivity index (χ4n) is 4.56. The molecule has 0 bridgehead atoms. The molecule has 5 nitrogen and oxygen atoms in total. The Bertz CT molecular complexity index is 433. The van der Waals surface area contributed by atoms with Gasteiger partial charge in [0.15, 0.2) is 5.96 Å². The highest BCUT2D eigenvalue weighted by atomic mass is 32.2. The number of hydrogen-bond acceptors (Lipinski definition) is 4. The van der Waals surface area contributed by atoms with Gasteiger partial charge < -0.3 is 20.4 Å². The first-order valence-corrected chi connectivity index (χ1v) is 11.2. The zero-order valence-electron chi connectivity index (χ0n) is 16.4. The Kier molecular flexibility index (Phi) is 6.92. The zero-order chi connectivity index (χ0) is 17.7. The number of likely N-dealkylation sites (N-methyl/N-ethyl adjacent to an activating group) is 1. The molecule has 0 aromatic heterocycles. The second-order valence-electron chi connectivity index (χ2n) is 8.24. The first-order valence-electron chi connectivity index (χ1n) is 10.1. The maximum atomic E-state index is 4.49. The van der Waals surface area contributed by atoms with Gasteiger partial charge in [-0.25, -0.2) is 0 Å². The first-order chi connectivity index (χ1) is 12.1. The average Bonchev–Trinajstić information content (AvgIpc) is 3.31. The van der Waals surface area contributed by atoms with E-state index in [1.165, 1.54) is 69.5 Å². The predicted octanol–water partition coefficient (Wildman–Crippen LogP) is 2.00. The molecule has 0 aromatic carbocycles. The van der Waals surface area contributed by atoms with Gasteiger partial charge in [-0.1, -0.05) is 12.8 Å². The Morgan fingerprint density at radius 1 is 1.20 bits per heavy atom. The van der Waals surface area contributed by atoms with Crippen molar-refractivity contribution in [1.82, 2.24) is 20.4 Å². The number of piperidine rings is 1. The molecule has 2 saturated heterocycles. The van der Waals surface area contributed by atoms with Gasteiger partial charge in [-0.05, 0) is 52.0 Å². The van der Waals surface area contributed by atoms with Crippen LogP contribution in [0.15, 0.2) is 4.99 Å². The highest BCUT2D eigenvalue weighted by Gasteiger charge is 2.36. The highest BCUT2D eigenvalue weighted by Crippen LogP contribution is 2.31. The summed E-state index contributed by atoms with van der Waals surface area (Å²) in [5.41, 5.74) is 0.272. The van der Waals surface area contributed by atoms with Crippen LogP contribution >= 0.6 is 11.8 Å². The van der Waals surface area contributed by atoms with Gasteiger partial charge in [0.25, 0.3) is 0 Å². The summed E-state index contributed by atoms with van der Waals surface area (Å²) in [5, 5.41) is 7.30. The Labute approximate surface area is 158 Å². The molecular formula is C19H37N5S. The van der Waals surface area contributed by atoms with Gasteiger partial charge in [-0.2, -0.15) is 11.8 Å². The van der Waals surface area contributed by atoms with Crippen molar-refractivity contribution in [3.63, 3.8) is 0 Å². The summed E-state index contributed by atoms with van der Waals surface area (Å²) < 4.78 is 0. The van der Waals surface area contributed by atoms with Crippen LogP contribution in [0.4, 0.5) is 0 Å². The standard InChI is InChI=1S/C19H37N5S/c1-20-18(21-14-19(23(2)3)10-13-25-15-19)22-16-8-11-24(12-9-16)17-6-4-5-7-17/h16-17H,4-15H2,1-3H3,(H2,20,21,22). The van der Waals surface area contributed by atoms with Crippen molar-refractivity contribution in [2.24, 2.45) is 4.99 Å². The molecule has 2 aliphatic heterocycles. The quantitative estimate of drug-likeness (QED) is 0.575. The van der Waals surface area contributed by atoms with E-state index in [-0.39, 0.29) is 5.54 Å². The molecule has 0 amide bonds. The van der Waals surface area contributed by atoms with Crippen LogP contribution in [0.5, 0.6) is 0 Å². The van der Waals surface area contributed by atoms with Gasteiger partial charge in [-0.3, -0.25) is 4.99 Å². The fraction of sp³-hybridized carbons (Fsp3) is 0.947. The normalized spacial score (nSPS) is 30.3. The van der Waals surface area contributed by atoms with Crippen LogP contribution in [-0.4, -0.2) is 85.7 Å². The molecule has 3 fully saturated rings. The van der Waals surface area contributed by atoms with Crippen LogP contribution in [0.1, 0.15) is 44.9 Å². The number of hydrogen-bond donors (Lipinski definition) is 2. The average molecular weight is 368 g/mol. The number of likely N-dealkylation sites (tertiary alicyclic amines) is 1. The molecule has 1 aliphatic carbocycles. The van der Waals surface area contributed by atoms with Crippen molar-refractivity contribution in [1.29, 1.82) is 0 Å². The van der Waals surface area contributed by atoms with Gasteiger partial charge in [0.2, 0.25) is 0 Å². The Morgan fingerprint density at radius 2 is 1.92 bits per heavy atom. The van der Waals surface area contributed by atoms with Gasteiger partial charge in [0.1, 0.15) is 0 Å². The second-order valence-corrected chi connectivity index (χ2v) is 9.35. The monoisotopic (exact) mass is 367 g/mol. The van der Waals surface area contributed by atoms with Crippen molar-refractivity contribution < 1.29 is 0 Å². The van der Waals surface area contributed by atoms with Crippen LogP contribution in [0.2, 0.25) is 0 Å². The zero-order valence-corrected chi connectivity index (χ0v) is 17.2. The predicted molar refractivity (Wildman–Crippen MR) is 110 cm³/mol. The Morgan fingerprint density at radius 3 is 2.48 bits per heavy atom. The summed E-state index contributed by atoms with van der Waals surface area (Å²) in [7, 11) is 6.32. The topological polar surface area (TPSA) is 42.9 Å². The maximum Gasteiger partial charge on any atom is 0.191 e. The van der Waals surface area contributed by atoms with Crippen LogP contribution in [0.3, 0.4) is 0 Å². The lowest BCUT2D eigenvalue weighted by Gasteiger charge is -2.38. The molecule has 25 heavy (non-hydrogen) atoms. The number of aliphatic imine (C=N–C) groups is 1. The largest absolute Gasteiger partial charge is 0.355 e. The number of guanidine groups is 1. The molecule has 0 aromatic rings. The van der Waals surface area contributed by atoms with E-state index >= 15 is 0 Å². The van der Waals surface area contributed by atoms with Crippen LogP contribution < -0.4 is 10.6 Å². The summed E-state index contributed by atoms with van der Waals surface area (Å²) in [6.45, 7) is 3.47. The van der Waals surface area contributed by atoms with Crippen molar-refractivity contribution in [2.75, 3.05) is 52.3 Å². The molecular weight excluding hydrogens is 330 g/mol. The Balaban J connectivity index is 1.43.